The molecule has 2 heterocycles. The third-order valence-electron chi connectivity index (χ3n) is 7.73. The Morgan fingerprint density at radius 2 is 1.79 bits per heavy atom. The molecule has 2 atom stereocenters. The predicted octanol–water partition coefficient (Wildman–Crippen LogP) is 4.60. The molecular weight excluding hydrogens is 546 g/mol. The number of piperazine rings is 1. The molecule has 0 aliphatic carbocycles. The van der Waals surface area contributed by atoms with E-state index < -0.39 is 0 Å². The van der Waals surface area contributed by atoms with Crippen molar-refractivity contribution in [3.63, 3.8) is 0 Å². The van der Waals surface area contributed by atoms with Crippen LogP contribution in [0, 0.1) is 0 Å². The van der Waals surface area contributed by atoms with Crippen LogP contribution in [0.4, 0.5) is 5.69 Å². The monoisotopic (exact) mass is 591 g/mol. The van der Waals surface area contributed by atoms with Gasteiger partial charge in [-0.3, -0.25) is 0 Å². The van der Waals surface area contributed by atoms with Gasteiger partial charge in [-0.2, -0.15) is 0 Å². The number of benzene rings is 3. The quantitative estimate of drug-likeness (QED) is 0.232. The van der Waals surface area contributed by atoms with Crippen LogP contribution < -0.4 is 34.5 Å². The second-order valence-electron chi connectivity index (χ2n) is 10.8. The average Bonchev–Trinajstić information content (AvgIpc) is 3.06. The van der Waals surface area contributed by atoms with Crippen molar-refractivity contribution in [3.8, 4) is 23.0 Å². The Balaban J connectivity index is 1.17. The van der Waals surface area contributed by atoms with Gasteiger partial charge in [-0.25, -0.2) is 0 Å². The fourth-order valence-electron chi connectivity index (χ4n) is 5.49. The van der Waals surface area contributed by atoms with Gasteiger partial charge in [0.1, 0.15) is 35.7 Å². The molecule has 1 fully saturated rings. The number of anilines is 1. The van der Waals surface area contributed by atoms with Crippen LogP contribution in [0.1, 0.15) is 30.1 Å². The van der Waals surface area contributed by atoms with Gasteiger partial charge >= 0.3 is 0 Å². The first-order valence-corrected chi connectivity index (χ1v) is 15.3. The number of ether oxygens (including phenoxy) is 6. The van der Waals surface area contributed by atoms with E-state index >= 15 is 0 Å². The lowest BCUT2D eigenvalue weighted by Crippen LogP contribution is -2.52. The van der Waals surface area contributed by atoms with Crippen molar-refractivity contribution in [3.05, 3.63) is 77.9 Å². The molecule has 1 saturated heterocycles. The largest absolute Gasteiger partial charge is 0.496 e. The van der Waals surface area contributed by atoms with Crippen LogP contribution in [0.2, 0.25) is 0 Å². The summed E-state index contributed by atoms with van der Waals surface area (Å²) in [6.07, 6.45) is 1.59. The van der Waals surface area contributed by atoms with Gasteiger partial charge < -0.3 is 44.0 Å². The van der Waals surface area contributed by atoms with Crippen molar-refractivity contribution in [1.29, 1.82) is 0 Å². The van der Waals surface area contributed by atoms with Gasteiger partial charge in [0.15, 0.2) is 0 Å². The summed E-state index contributed by atoms with van der Waals surface area (Å²) in [4.78, 5) is 2.36. The molecule has 3 aromatic carbocycles. The van der Waals surface area contributed by atoms with E-state index in [2.05, 4.69) is 33.7 Å². The number of para-hydroxylation sites is 1. The van der Waals surface area contributed by atoms with Gasteiger partial charge in [0.2, 0.25) is 0 Å². The van der Waals surface area contributed by atoms with Crippen LogP contribution in [0.3, 0.4) is 0 Å². The number of hydrogen-bond donors (Lipinski definition) is 2. The van der Waals surface area contributed by atoms with Gasteiger partial charge in [-0.05, 0) is 42.3 Å². The molecule has 9 heteroatoms. The lowest BCUT2D eigenvalue weighted by Gasteiger charge is -2.34. The highest BCUT2D eigenvalue weighted by atomic mass is 16.5. The molecule has 9 nitrogen and oxygen atoms in total. The van der Waals surface area contributed by atoms with Crippen molar-refractivity contribution in [2.75, 3.05) is 78.3 Å². The summed E-state index contributed by atoms with van der Waals surface area (Å²) in [5.41, 5.74) is 3.22. The maximum atomic E-state index is 6.72. The molecular formula is C34H45N3O6. The zero-order valence-electron chi connectivity index (χ0n) is 25.4. The Morgan fingerprint density at radius 3 is 2.60 bits per heavy atom. The standard InChI is InChI=1S/C34H45N3O6/c1-38-19-5-17-37-18-22-42-33-14-13-29(23-31(33)37)43-34(30-24-35-15-16-36-30)26-9-11-28(12-10-26)41-21-6-20-40-25-27-7-3-4-8-32(27)39-2/h3-4,7-14,23,30,34-36H,5-6,15-22,24-25H2,1-2H3. The van der Waals surface area contributed by atoms with Crippen molar-refractivity contribution >= 4 is 5.69 Å². The maximum absolute atomic E-state index is 6.72. The number of fused-ring (bicyclic) bond motifs is 1. The lowest BCUT2D eigenvalue weighted by atomic mass is 10.0. The third kappa shape index (κ3) is 8.76. The van der Waals surface area contributed by atoms with Gasteiger partial charge in [0.05, 0.1) is 45.2 Å². The second kappa shape index (κ2) is 16.4. The number of hydrogen-bond acceptors (Lipinski definition) is 9. The summed E-state index contributed by atoms with van der Waals surface area (Å²) < 4.78 is 35.2. The minimum atomic E-state index is -0.172. The summed E-state index contributed by atoms with van der Waals surface area (Å²) >= 11 is 0. The van der Waals surface area contributed by atoms with Crippen LogP contribution >= 0.6 is 0 Å². The van der Waals surface area contributed by atoms with Crippen LogP contribution in [0.5, 0.6) is 23.0 Å². The van der Waals surface area contributed by atoms with Gasteiger partial charge in [-0.15, -0.1) is 0 Å². The van der Waals surface area contributed by atoms with E-state index in [0.717, 1.165) is 92.0 Å². The van der Waals surface area contributed by atoms with Crippen molar-refractivity contribution < 1.29 is 28.4 Å². The Labute approximate surface area is 255 Å². The normalized spacial score (nSPS) is 17.1. The van der Waals surface area contributed by atoms with Crippen molar-refractivity contribution in [1.82, 2.24) is 10.6 Å². The van der Waals surface area contributed by atoms with E-state index in [1.807, 2.05) is 48.5 Å². The number of nitrogens with zero attached hydrogens (tertiary/aromatic N) is 1. The molecule has 0 amide bonds. The zero-order valence-corrected chi connectivity index (χ0v) is 25.4. The Bertz CT molecular complexity index is 1250. The third-order valence-corrected chi connectivity index (χ3v) is 7.73. The first-order valence-electron chi connectivity index (χ1n) is 15.3. The van der Waals surface area contributed by atoms with E-state index in [-0.39, 0.29) is 12.1 Å². The van der Waals surface area contributed by atoms with E-state index in [4.69, 9.17) is 28.4 Å². The first kappa shape index (κ1) is 30.9. The summed E-state index contributed by atoms with van der Waals surface area (Å²) in [7, 11) is 3.42. The number of rotatable bonds is 16. The summed E-state index contributed by atoms with van der Waals surface area (Å²) in [5.74, 6) is 3.41. The highest BCUT2D eigenvalue weighted by Gasteiger charge is 2.28. The molecule has 0 saturated carbocycles. The molecule has 5 rings (SSSR count). The molecule has 0 bridgehead atoms. The Kier molecular flexibility index (Phi) is 11.8. The molecule has 2 unspecified atom stereocenters. The van der Waals surface area contributed by atoms with E-state index in [1.165, 1.54) is 0 Å². The SMILES string of the molecule is COCCCN1CCOc2ccc(OC(c3ccc(OCCCOCc4ccccc4OC)cc3)C3CNCCN3)cc21. The zero-order chi connectivity index (χ0) is 29.7. The van der Waals surface area contributed by atoms with Crippen LogP contribution in [-0.4, -0.2) is 79.4 Å². The molecule has 232 valence electrons. The molecule has 0 radical (unpaired) electrons. The van der Waals surface area contributed by atoms with Gasteiger partial charge in [0.25, 0.3) is 0 Å². The predicted molar refractivity (Wildman–Crippen MR) is 168 cm³/mol. The minimum Gasteiger partial charge on any atom is -0.496 e. The maximum Gasteiger partial charge on any atom is 0.142 e. The highest BCUT2D eigenvalue weighted by molar-refractivity contribution is 5.63. The van der Waals surface area contributed by atoms with E-state index in [0.29, 0.717) is 26.4 Å². The molecule has 0 spiro atoms. The van der Waals surface area contributed by atoms with E-state index in [9.17, 15) is 0 Å². The summed E-state index contributed by atoms with van der Waals surface area (Å²) in [6, 6.07) is 22.4. The molecule has 2 aliphatic heterocycles. The summed E-state index contributed by atoms with van der Waals surface area (Å²) in [6.45, 7) is 7.59. The van der Waals surface area contributed by atoms with Crippen molar-refractivity contribution in [2.24, 2.45) is 0 Å². The second-order valence-corrected chi connectivity index (χ2v) is 10.8. The van der Waals surface area contributed by atoms with Gasteiger partial charge in [-0.1, -0.05) is 30.3 Å². The first-order chi connectivity index (χ1) is 21.2. The molecule has 3 aromatic rings. The smallest absolute Gasteiger partial charge is 0.142 e. The minimum absolute atomic E-state index is 0.131. The molecule has 2 aliphatic rings. The van der Waals surface area contributed by atoms with Crippen LogP contribution in [0.25, 0.3) is 0 Å². The van der Waals surface area contributed by atoms with Crippen LogP contribution in [-0.2, 0) is 16.1 Å². The molecule has 2 N–H and O–H groups in total. The molecule has 43 heavy (non-hydrogen) atoms. The van der Waals surface area contributed by atoms with Gasteiger partial charge in [0, 0.05) is 57.9 Å². The van der Waals surface area contributed by atoms with Crippen LogP contribution in [0.15, 0.2) is 66.7 Å². The fraction of sp³-hybridized carbons (Fsp3) is 0.471. The fourth-order valence-corrected chi connectivity index (χ4v) is 5.49. The Hall–Kier alpha value is -3.50. The lowest BCUT2D eigenvalue weighted by molar-refractivity contribution is 0.105. The number of nitrogens with one attached hydrogen (secondary N) is 2. The molecule has 0 aromatic heterocycles. The highest BCUT2D eigenvalue weighted by Crippen LogP contribution is 2.37. The topological polar surface area (TPSA) is 82.7 Å². The number of methoxy groups -OCH3 is 2. The van der Waals surface area contributed by atoms with Crippen molar-refractivity contribution in [2.45, 2.75) is 31.6 Å². The average molecular weight is 592 g/mol. The summed E-state index contributed by atoms with van der Waals surface area (Å²) in [5, 5.41) is 7.14. The van der Waals surface area contributed by atoms with E-state index in [1.54, 1.807) is 14.2 Å². The Morgan fingerprint density at radius 1 is 0.930 bits per heavy atom.